The molecule has 2 heterocycles. The zero-order valence-corrected chi connectivity index (χ0v) is 21.5. The number of benzene rings is 1. The summed E-state index contributed by atoms with van der Waals surface area (Å²) in [6.07, 6.45) is 0. The van der Waals surface area contributed by atoms with Crippen LogP contribution in [0.15, 0.2) is 36.4 Å². The first-order valence-corrected chi connectivity index (χ1v) is 12.3. The predicted molar refractivity (Wildman–Crippen MR) is 136 cm³/mol. The Morgan fingerprint density at radius 1 is 1.21 bits per heavy atom. The molecule has 34 heavy (non-hydrogen) atoms. The molecule has 0 unspecified atom stereocenters. The molecule has 0 spiro atoms. The molecule has 2 N–H and O–H groups in total. The minimum atomic E-state index is -0.584. The Hall–Kier alpha value is -2.46. The molecule has 0 radical (unpaired) electrons. The van der Waals surface area contributed by atoms with Crippen LogP contribution in [0.2, 0.25) is 4.34 Å². The molecule has 3 amide bonds. The van der Waals surface area contributed by atoms with Crippen LogP contribution in [0.4, 0.5) is 11.4 Å². The lowest BCUT2D eigenvalue weighted by Crippen LogP contribution is -2.51. The summed E-state index contributed by atoms with van der Waals surface area (Å²) in [4.78, 5) is 41.9. The van der Waals surface area contributed by atoms with Gasteiger partial charge < -0.3 is 20.3 Å². The van der Waals surface area contributed by atoms with Gasteiger partial charge in [0.25, 0.3) is 11.8 Å². The summed E-state index contributed by atoms with van der Waals surface area (Å²) in [5.41, 5.74) is 1.33. The number of nitrogens with zero attached hydrogens (tertiary/aromatic N) is 2. The summed E-state index contributed by atoms with van der Waals surface area (Å²) >= 11 is 7.13. The van der Waals surface area contributed by atoms with Gasteiger partial charge in [-0.3, -0.25) is 19.3 Å². The van der Waals surface area contributed by atoms with E-state index in [0.29, 0.717) is 34.6 Å². The summed E-state index contributed by atoms with van der Waals surface area (Å²) in [6, 6.07) is 9.89. The molecule has 1 aliphatic heterocycles. The second-order valence-electron chi connectivity index (χ2n) is 9.44. The van der Waals surface area contributed by atoms with Crippen molar-refractivity contribution in [1.82, 2.24) is 10.2 Å². The van der Waals surface area contributed by atoms with Crippen molar-refractivity contribution in [2.24, 2.45) is 5.41 Å². The number of thiophene rings is 1. The van der Waals surface area contributed by atoms with Crippen LogP contribution >= 0.6 is 22.9 Å². The molecule has 1 atom stereocenters. The molecule has 1 saturated heterocycles. The first kappa shape index (κ1) is 26.2. The van der Waals surface area contributed by atoms with Crippen molar-refractivity contribution in [3.63, 3.8) is 0 Å². The number of nitrogens with one attached hydrogen (secondary N) is 2. The maximum atomic E-state index is 13.2. The van der Waals surface area contributed by atoms with Gasteiger partial charge in [-0.15, -0.1) is 11.3 Å². The van der Waals surface area contributed by atoms with Crippen molar-refractivity contribution in [3.8, 4) is 0 Å². The second-order valence-corrected chi connectivity index (χ2v) is 11.2. The highest BCUT2D eigenvalue weighted by Gasteiger charge is 2.28. The SMILES string of the molecule is CN(CC(C)(C)C)[C@@H](CNC(=O)c1ccc(Cl)s1)C(=O)Nc1ccc(N2CCOCC2=O)cc1. The van der Waals surface area contributed by atoms with Gasteiger partial charge >= 0.3 is 0 Å². The van der Waals surface area contributed by atoms with Crippen LogP contribution in [0.5, 0.6) is 0 Å². The van der Waals surface area contributed by atoms with E-state index in [1.54, 1.807) is 41.3 Å². The average Bonchev–Trinajstić information content (AvgIpc) is 3.20. The van der Waals surface area contributed by atoms with Gasteiger partial charge in [0.15, 0.2) is 0 Å². The van der Waals surface area contributed by atoms with Gasteiger partial charge in [-0.25, -0.2) is 0 Å². The molecule has 8 nitrogen and oxygen atoms in total. The minimum Gasteiger partial charge on any atom is -0.370 e. The monoisotopic (exact) mass is 506 g/mol. The van der Waals surface area contributed by atoms with Gasteiger partial charge in [0.05, 0.1) is 15.8 Å². The van der Waals surface area contributed by atoms with E-state index in [2.05, 4.69) is 31.4 Å². The summed E-state index contributed by atoms with van der Waals surface area (Å²) in [5.74, 6) is -0.584. The van der Waals surface area contributed by atoms with Gasteiger partial charge in [0.1, 0.15) is 12.6 Å². The van der Waals surface area contributed by atoms with Gasteiger partial charge in [0, 0.05) is 31.0 Å². The third-order valence-corrected chi connectivity index (χ3v) is 6.47. The van der Waals surface area contributed by atoms with Crippen LogP contribution in [0.3, 0.4) is 0 Å². The molecular weight excluding hydrogens is 476 g/mol. The van der Waals surface area contributed by atoms with Gasteiger partial charge in [-0.1, -0.05) is 32.4 Å². The zero-order chi connectivity index (χ0) is 24.9. The second kappa shape index (κ2) is 11.3. The quantitative estimate of drug-likeness (QED) is 0.572. The normalized spacial score (nSPS) is 15.4. The standard InChI is InChI=1S/C24H31ClN4O4S/c1-24(2,3)15-28(4)18(13-26-23(32)19-9-10-20(25)34-19)22(31)27-16-5-7-17(8-6-16)29-11-12-33-14-21(29)30/h5-10,18H,11-15H2,1-4H3,(H,26,32)(H,27,31)/t18-/m0/s1. The molecule has 1 fully saturated rings. The van der Waals surface area contributed by atoms with Crippen LogP contribution in [0.25, 0.3) is 0 Å². The van der Waals surface area contributed by atoms with E-state index in [-0.39, 0.29) is 36.3 Å². The molecule has 1 aromatic carbocycles. The molecular formula is C24H31ClN4O4S. The first-order chi connectivity index (χ1) is 16.0. The topological polar surface area (TPSA) is 91.0 Å². The van der Waals surface area contributed by atoms with Crippen LogP contribution in [0, 0.1) is 5.41 Å². The molecule has 2 aromatic rings. The Morgan fingerprint density at radius 2 is 1.91 bits per heavy atom. The maximum absolute atomic E-state index is 13.2. The summed E-state index contributed by atoms with van der Waals surface area (Å²) in [7, 11) is 1.87. The van der Waals surface area contributed by atoms with Crippen molar-refractivity contribution in [3.05, 3.63) is 45.6 Å². The maximum Gasteiger partial charge on any atom is 0.261 e. The number of anilines is 2. The summed E-state index contributed by atoms with van der Waals surface area (Å²) in [6.45, 7) is 8.15. The van der Waals surface area contributed by atoms with E-state index >= 15 is 0 Å². The van der Waals surface area contributed by atoms with Crippen LogP contribution in [0.1, 0.15) is 30.4 Å². The fourth-order valence-electron chi connectivity index (χ4n) is 3.76. The van der Waals surface area contributed by atoms with Crippen molar-refractivity contribution in [1.29, 1.82) is 0 Å². The predicted octanol–water partition coefficient (Wildman–Crippen LogP) is 3.48. The number of likely N-dealkylation sites (N-methyl/N-ethyl adjacent to an activating group) is 1. The Labute approximate surface area is 209 Å². The van der Waals surface area contributed by atoms with Gasteiger partial charge in [-0.05, 0) is 48.9 Å². The summed E-state index contributed by atoms with van der Waals surface area (Å²) in [5, 5.41) is 5.80. The van der Waals surface area contributed by atoms with E-state index in [1.807, 2.05) is 11.9 Å². The number of hydrogen-bond donors (Lipinski definition) is 2. The van der Waals surface area contributed by atoms with Crippen molar-refractivity contribution >= 4 is 52.0 Å². The highest BCUT2D eigenvalue weighted by atomic mass is 35.5. The molecule has 184 valence electrons. The number of rotatable bonds is 8. The van der Waals surface area contributed by atoms with E-state index in [9.17, 15) is 14.4 Å². The number of halogens is 1. The Morgan fingerprint density at radius 3 is 2.50 bits per heavy atom. The Bertz CT molecular complexity index is 1020. The van der Waals surface area contributed by atoms with Gasteiger partial charge in [0.2, 0.25) is 5.91 Å². The lowest BCUT2D eigenvalue weighted by molar-refractivity contribution is -0.125. The Kier molecular flexibility index (Phi) is 8.70. The third-order valence-electron chi connectivity index (χ3n) is 5.24. The molecule has 3 rings (SSSR count). The van der Waals surface area contributed by atoms with Crippen LogP contribution < -0.4 is 15.5 Å². The number of carbonyl (C=O) groups excluding carboxylic acids is 3. The number of amides is 3. The number of ether oxygens (including phenoxy) is 1. The first-order valence-electron chi connectivity index (χ1n) is 11.1. The highest BCUT2D eigenvalue weighted by Crippen LogP contribution is 2.22. The van der Waals surface area contributed by atoms with Crippen molar-refractivity contribution in [2.75, 3.05) is 50.1 Å². The fraction of sp³-hybridized carbons (Fsp3) is 0.458. The molecule has 1 aliphatic rings. The third kappa shape index (κ3) is 7.27. The molecule has 0 saturated carbocycles. The lowest BCUT2D eigenvalue weighted by Gasteiger charge is -2.32. The van der Waals surface area contributed by atoms with E-state index in [4.69, 9.17) is 16.3 Å². The van der Waals surface area contributed by atoms with Gasteiger partial charge in [-0.2, -0.15) is 0 Å². The fourth-order valence-corrected chi connectivity index (χ4v) is 4.72. The van der Waals surface area contributed by atoms with Crippen LogP contribution in [-0.2, 0) is 14.3 Å². The van der Waals surface area contributed by atoms with E-state index in [0.717, 1.165) is 5.69 Å². The highest BCUT2D eigenvalue weighted by molar-refractivity contribution is 7.18. The molecule has 0 bridgehead atoms. The number of hydrogen-bond acceptors (Lipinski definition) is 6. The Balaban J connectivity index is 1.68. The average molecular weight is 507 g/mol. The van der Waals surface area contributed by atoms with Crippen molar-refractivity contribution in [2.45, 2.75) is 26.8 Å². The minimum absolute atomic E-state index is 0.0368. The number of morpholine rings is 1. The van der Waals surface area contributed by atoms with E-state index < -0.39 is 6.04 Å². The van der Waals surface area contributed by atoms with Crippen molar-refractivity contribution < 1.29 is 19.1 Å². The van der Waals surface area contributed by atoms with Crippen LogP contribution in [-0.4, -0.2) is 68.6 Å². The molecule has 1 aromatic heterocycles. The smallest absolute Gasteiger partial charge is 0.261 e. The zero-order valence-electron chi connectivity index (χ0n) is 19.9. The van der Waals surface area contributed by atoms with E-state index in [1.165, 1.54) is 11.3 Å². The largest absolute Gasteiger partial charge is 0.370 e. The molecule has 0 aliphatic carbocycles. The number of carbonyl (C=O) groups is 3. The molecule has 10 heteroatoms. The lowest BCUT2D eigenvalue weighted by atomic mass is 9.95. The summed E-state index contributed by atoms with van der Waals surface area (Å²) < 4.78 is 5.71.